The molecule has 0 aromatic heterocycles. The van der Waals surface area contributed by atoms with Crippen LogP contribution in [0, 0.1) is 0 Å². The molecular weight excluding hydrogens is 178 g/mol. The van der Waals surface area contributed by atoms with Crippen LogP contribution < -0.4 is 5.32 Å². The third kappa shape index (κ3) is 1.20. The zero-order valence-corrected chi connectivity index (χ0v) is 8.36. The fraction of sp³-hybridized carbons (Fsp3) is 0.455. The fourth-order valence-electron chi connectivity index (χ4n) is 2.35. The van der Waals surface area contributed by atoms with Crippen molar-refractivity contribution in [2.24, 2.45) is 0 Å². The molecule has 1 aromatic carbocycles. The highest BCUT2D eigenvalue weighted by Crippen LogP contribution is 2.39. The van der Waals surface area contributed by atoms with Gasteiger partial charge in [0.2, 0.25) is 0 Å². The minimum atomic E-state index is 0.730. The molecule has 0 radical (unpaired) electrons. The van der Waals surface area contributed by atoms with Crippen LogP contribution in [-0.2, 0) is 13.0 Å². The Morgan fingerprint density at radius 3 is 3.23 bits per heavy atom. The summed E-state index contributed by atoms with van der Waals surface area (Å²) < 4.78 is 0. The summed E-state index contributed by atoms with van der Waals surface area (Å²) in [7, 11) is 0. The summed E-state index contributed by atoms with van der Waals surface area (Å²) in [5.41, 5.74) is 4.78. The maximum atomic E-state index is 3.48. The summed E-state index contributed by atoms with van der Waals surface area (Å²) in [6.07, 6.45) is 1.27. The van der Waals surface area contributed by atoms with Crippen LogP contribution in [0.2, 0.25) is 0 Å². The molecule has 1 aromatic rings. The molecule has 0 spiro atoms. The Kier molecular flexibility index (Phi) is 1.84. The normalized spacial score (nSPS) is 25.4. The summed E-state index contributed by atoms with van der Waals surface area (Å²) in [4.78, 5) is 0. The predicted molar refractivity (Wildman–Crippen MR) is 57.1 cm³/mol. The molecule has 1 nitrogen and oxygen atoms in total. The average molecular weight is 191 g/mol. The van der Waals surface area contributed by atoms with Crippen molar-refractivity contribution in [2.45, 2.75) is 18.2 Å². The first kappa shape index (κ1) is 7.89. The molecule has 2 aliphatic rings. The van der Waals surface area contributed by atoms with Crippen molar-refractivity contribution in [1.82, 2.24) is 5.32 Å². The highest BCUT2D eigenvalue weighted by Gasteiger charge is 2.25. The van der Waals surface area contributed by atoms with E-state index in [1.54, 1.807) is 11.1 Å². The zero-order valence-electron chi connectivity index (χ0n) is 7.55. The lowest BCUT2D eigenvalue weighted by Gasteiger charge is -2.31. The van der Waals surface area contributed by atoms with Crippen molar-refractivity contribution < 1.29 is 0 Å². The molecule has 1 N–H and O–H groups in total. The van der Waals surface area contributed by atoms with Gasteiger partial charge in [-0.15, -0.1) is 0 Å². The van der Waals surface area contributed by atoms with Gasteiger partial charge in [-0.25, -0.2) is 0 Å². The first-order valence-corrected chi connectivity index (χ1v) is 5.93. The van der Waals surface area contributed by atoms with Gasteiger partial charge in [-0.1, -0.05) is 18.2 Å². The van der Waals surface area contributed by atoms with E-state index >= 15 is 0 Å². The number of hydrogen-bond donors (Lipinski definition) is 1. The van der Waals surface area contributed by atoms with E-state index in [0.717, 1.165) is 18.3 Å². The Morgan fingerprint density at radius 2 is 2.23 bits per heavy atom. The monoisotopic (exact) mass is 191 g/mol. The largest absolute Gasteiger partial charge is 0.311 e. The Hall–Kier alpha value is -0.470. The van der Waals surface area contributed by atoms with E-state index in [4.69, 9.17) is 0 Å². The Balaban J connectivity index is 2.18. The first-order valence-electron chi connectivity index (χ1n) is 4.88. The van der Waals surface area contributed by atoms with Gasteiger partial charge in [-0.2, -0.15) is 11.8 Å². The molecule has 1 unspecified atom stereocenters. The van der Waals surface area contributed by atoms with E-state index in [0.29, 0.717) is 0 Å². The predicted octanol–water partition coefficient (Wildman–Crippen LogP) is 2.12. The van der Waals surface area contributed by atoms with Gasteiger partial charge in [0.05, 0.1) is 0 Å². The lowest BCUT2D eigenvalue weighted by Crippen LogP contribution is -2.29. The second-order valence-corrected chi connectivity index (χ2v) is 5.04. The van der Waals surface area contributed by atoms with Gasteiger partial charge in [0.1, 0.15) is 0 Å². The molecule has 68 valence electrons. The molecule has 0 aliphatic carbocycles. The van der Waals surface area contributed by atoms with Crippen LogP contribution in [0.25, 0.3) is 0 Å². The Morgan fingerprint density at radius 1 is 1.31 bits per heavy atom. The minimum absolute atomic E-state index is 0.730. The highest BCUT2D eigenvalue weighted by atomic mass is 32.2. The van der Waals surface area contributed by atoms with Crippen molar-refractivity contribution in [3.05, 3.63) is 34.9 Å². The number of thioether (sulfide) groups is 1. The van der Waals surface area contributed by atoms with Crippen LogP contribution in [0.1, 0.15) is 21.9 Å². The van der Waals surface area contributed by atoms with E-state index < -0.39 is 0 Å². The Labute approximate surface area is 82.9 Å². The first-order chi connectivity index (χ1) is 6.45. The lowest BCUT2D eigenvalue weighted by molar-refractivity contribution is 0.626. The summed E-state index contributed by atoms with van der Waals surface area (Å²) in [6, 6.07) is 6.77. The number of benzene rings is 1. The molecule has 0 saturated heterocycles. The van der Waals surface area contributed by atoms with Crippen LogP contribution in [0.15, 0.2) is 18.2 Å². The van der Waals surface area contributed by atoms with Gasteiger partial charge in [0, 0.05) is 18.3 Å². The maximum Gasteiger partial charge on any atom is 0.0428 e. The van der Waals surface area contributed by atoms with E-state index in [2.05, 4.69) is 35.3 Å². The van der Waals surface area contributed by atoms with E-state index in [-0.39, 0.29) is 0 Å². The van der Waals surface area contributed by atoms with E-state index in [1.807, 2.05) is 0 Å². The number of hydrogen-bond acceptors (Lipinski definition) is 2. The molecule has 0 amide bonds. The topological polar surface area (TPSA) is 12.0 Å². The molecule has 2 aliphatic heterocycles. The minimum Gasteiger partial charge on any atom is -0.311 e. The van der Waals surface area contributed by atoms with Crippen molar-refractivity contribution >= 4 is 11.8 Å². The summed E-state index contributed by atoms with van der Waals surface area (Å²) in [5.74, 6) is 1.29. The third-order valence-electron chi connectivity index (χ3n) is 2.94. The maximum absolute atomic E-state index is 3.48. The number of aryl methyl sites for hydroxylation is 1. The van der Waals surface area contributed by atoms with E-state index in [1.165, 1.54) is 17.7 Å². The molecule has 2 heterocycles. The van der Waals surface area contributed by atoms with Crippen molar-refractivity contribution in [1.29, 1.82) is 0 Å². The van der Waals surface area contributed by atoms with Gasteiger partial charge in [-0.3, -0.25) is 0 Å². The van der Waals surface area contributed by atoms with Gasteiger partial charge in [-0.05, 0) is 28.9 Å². The summed E-state index contributed by atoms with van der Waals surface area (Å²) in [6.45, 7) is 2.23. The highest BCUT2D eigenvalue weighted by molar-refractivity contribution is 7.99. The number of nitrogens with one attached hydrogen (secondary N) is 1. The van der Waals surface area contributed by atoms with Crippen molar-refractivity contribution in [2.75, 3.05) is 12.3 Å². The fourth-order valence-corrected chi connectivity index (χ4v) is 3.67. The molecule has 0 bridgehead atoms. The molecule has 0 fully saturated rings. The number of rotatable bonds is 0. The molecule has 2 heteroatoms. The standard InChI is InChI=1S/C11H13NS/c1-2-8-4-5-13-10-7-12-6-9(3-1)11(8)10/h1-3,10,12H,4-7H2. The van der Waals surface area contributed by atoms with Gasteiger partial charge in [0.15, 0.2) is 0 Å². The smallest absolute Gasteiger partial charge is 0.0428 e. The van der Waals surface area contributed by atoms with Gasteiger partial charge < -0.3 is 5.32 Å². The van der Waals surface area contributed by atoms with Gasteiger partial charge >= 0.3 is 0 Å². The van der Waals surface area contributed by atoms with E-state index in [9.17, 15) is 0 Å². The zero-order chi connectivity index (χ0) is 8.67. The second kappa shape index (κ2) is 3.03. The SMILES string of the molecule is c1cc2c3c(c1)CNCC3SCC2. The van der Waals surface area contributed by atoms with Crippen molar-refractivity contribution in [3.63, 3.8) is 0 Å². The second-order valence-electron chi connectivity index (χ2n) is 3.73. The quantitative estimate of drug-likeness (QED) is 0.674. The third-order valence-corrected chi connectivity index (χ3v) is 4.19. The van der Waals surface area contributed by atoms with Crippen LogP contribution >= 0.6 is 11.8 Å². The van der Waals surface area contributed by atoms with Gasteiger partial charge in [0.25, 0.3) is 0 Å². The molecule has 13 heavy (non-hydrogen) atoms. The Bertz CT molecular complexity index is 307. The van der Waals surface area contributed by atoms with Crippen LogP contribution in [0.3, 0.4) is 0 Å². The summed E-state index contributed by atoms with van der Waals surface area (Å²) in [5, 5.41) is 4.21. The summed E-state index contributed by atoms with van der Waals surface area (Å²) >= 11 is 2.11. The lowest BCUT2D eigenvalue weighted by atomic mass is 9.93. The molecule has 1 atom stereocenters. The van der Waals surface area contributed by atoms with Crippen LogP contribution in [0.5, 0.6) is 0 Å². The molecule has 3 rings (SSSR count). The average Bonchev–Trinajstić information content (AvgIpc) is 2.19. The molecular formula is C11H13NS. The molecule has 0 saturated carbocycles. The van der Waals surface area contributed by atoms with Crippen molar-refractivity contribution in [3.8, 4) is 0 Å². The van der Waals surface area contributed by atoms with Crippen LogP contribution in [0.4, 0.5) is 0 Å². The van der Waals surface area contributed by atoms with Crippen LogP contribution in [-0.4, -0.2) is 12.3 Å².